The third-order valence-corrected chi connectivity index (χ3v) is 4.33. The number of nitrogens with zero attached hydrogens (tertiary/aromatic N) is 3. The summed E-state index contributed by atoms with van der Waals surface area (Å²) in [5.74, 6) is -0.472. The lowest BCUT2D eigenvalue weighted by atomic mass is 9.94. The summed E-state index contributed by atoms with van der Waals surface area (Å²) in [7, 11) is 0. The first-order valence-corrected chi connectivity index (χ1v) is 7.50. The smallest absolute Gasteiger partial charge is 0.335 e. The minimum Gasteiger partial charge on any atom is -0.478 e. The van der Waals surface area contributed by atoms with Crippen LogP contribution in [0.5, 0.6) is 0 Å². The van der Waals surface area contributed by atoms with Crippen LogP contribution in [0.2, 0.25) is 0 Å². The van der Waals surface area contributed by atoms with E-state index in [2.05, 4.69) is 23.7 Å². The first-order valence-electron chi connectivity index (χ1n) is 7.50. The van der Waals surface area contributed by atoms with Crippen LogP contribution in [0, 0.1) is 0 Å². The van der Waals surface area contributed by atoms with Crippen LogP contribution in [-0.4, -0.2) is 44.5 Å². The fourth-order valence-electron chi connectivity index (χ4n) is 3.05. The molecule has 1 aliphatic rings. The summed E-state index contributed by atoms with van der Waals surface area (Å²) in [4.78, 5) is 18.2. The molecule has 21 heavy (non-hydrogen) atoms. The van der Waals surface area contributed by atoms with Gasteiger partial charge in [-0.05, 0) is 45.4 Å². The second-order valence-electron chi connectivity index (χ2n) is 6.08. The Bertz CT molecular complexity index is 663. The number of carboxylic acids is 1. The third-order valence-electron chi connectivity index (χ3n) is 4.33. The van der Waals surface area contributed by atoms with Gasteiger partial charge in [-0.3, -0.25) is 0 Å². The molecule has 0 radical (unpaired) electrons. The van der Waals surface area contributed by atoms with Gasteiger partial charge < -0.3 is 14.4 Å². The molecule has 0 aliphatic carbocycles. The average Bonchev–Trinajstić information content (AvgIpc) is 2.90. The highest BCUT2D eigenvalue weighted by Crippen LogP contribution is 2.27. The second-order valence-corrected chi connectivity index (χ2v) is 6.08. The van der Waals surface area contributed by atoms with Gasteiger partial charge in [0.15, 0.2) is 0 Å². The Balaban J connectivity index is 1.88. The molecule has 5 nitrogen and oxygen atoms in total. The molecule has 1 saturated heterocycles. The lowest BCUT2D eigenvalue weighted by Gasteiger charge is -2.34. The molecular weight excluding hydrogens is 266 g/mol. The quantitative estimate of drug-likeness (QED) is 0.942. The van der Waals surface area contributed by atoms with Crippen molar-refractivity contribution in [3.05, 3.63) is 35.8 Å². The standard InChI is InChI=1S/C16H21N3O2/c1-11(2)18-6-3-4-13(9-18)14-10-19-7-5-12(16(20)21)8-15(19)17-14/h5,7-8,10-11,13H,3-4,6,9H2,1-2H3,(H,20,21). The predicted octanol–water partition coefficient (Wildman–Crippen LogP) is 2.62. The Morgan fingerprint density at radius 3 is 3.00 bits per heavy atom. The zero-order chi connectivity index (χ0) is 15.0. The fourth-order valence-corrected chi connectivity index (χ4v) is 3.05. The first-order chi connectivity index (χ1) is 10.0. The summed E-state index contributed by atoms with van der Waals surface area (Å²) in [6.45, 7) is 6.65. The molecule has 2 aromatic rings. The molecule has 3 heterocycles. The molecule has 1 atom stereocenters. The minimum absolute atomic E-state index is 0.284. The number of carbonyl (C=O) groups is 1. The van der Waals surface area contributed by atoms with E-state index in [0.29, 0.717) is 17.6 Å². The van der Waals surface area contributed by atoms with Crippen molar-refractivity contribution in [3.8, 4) is 0 Å². The van der Waals surface area contributed by atoms with E-state index in [1.807, 2.05) is 10.6 Å². The van der Waals surface area contributed by atoms with E-state index in [-0.39, 0.29) is 5.56 Å². The van der Waals surface area contributed by atoms with E-state index in [0.717, 1.165) is 25.2 Å². The van der Waals surface area contributed by atoms with Gasteiger partial charge in [-0.15, -0.1) is 0 Å². The van der Waals surface area contributed by atoms with Crippen molar-refractivity contribution in [3.63, 3.8) is 0 Å². The van der Waals surface area contributed by atoms with Crippen LogP contribution in [0.1, 0.15) is 48.7 Å². The maximum Gasteiger partial charge on any atom is 0.335 e. The highest BCUT2D eigenvalue weighted by molar-refractivity contribution is 5.88. The molecule has 1 N–H and O–H groups in total. The molecular formula is C16H21N3O2. The Morgan fingerprint density at radius 2 is 2.29 bits per heavy atom. The Morgan fingerprint density at radius 1 is 1.48 bits per heavy atom. The molecule has 5 heteroatoms. The van der Waals surface area contributed by atoms with Crippen molar-refractivity contribution < 1.29 is 9.90 Å². The summed E-state index contributed by atoms with van der Waals surface area (Å²) in [5, 5.41) is 9.05. The molecule has 3 rings (SSSR count). The summed E-state index contributed by atoms with van der Waals surface area (Å²) >= 11 is 0. The van der Waals surface area contributed by atoms with Crippen molar-refractivity contribution in [1.29, 1.82) is 0 Å². The molecule has 1 unspecified atom stereocenters. The van der Waals surface area contributed by atoms with Crippen molar-refractivity contribution in [2.75, 3.05) is 13.1 Å². The maximum atomic E-state index is 11.0. The van der Waals surface area contributed by atoms with Gasteiger partial charge in [0.2, 0.25) is 0 Å². The van der Waals surface area contributed by atoms with Crippen molar-refractivity contribution in [1.82, 2.24) is 14.3 Å². The number of hydrogen-bond acceptors (Lipinski definition) is 3. The average molecular weight is 287 g/mol. The number of fused-ring (bicyclic) bond motifs is 1. The minimum atomic E-state index is -0.911. The van der Waals surface area contributed by atoms with Gasteiger partial charge >= 0.3 is 5.97 Å². The first kappa shape index (κ1) is 14.1. The largest absolute Gasteiger partial charge is 0.478 e. The van der Waals surface area contributed by atoms with E-state index in [4.69, 9.17) is 5.11 Å². The van der Waals surface area contributed by atoms with Crippen molar-refractivity contribution in [2.24, 2.45) is 0 Å². The normalized spacial score (nSPS) is 20.2. The van der Waals surface area contributed by atoms with E-state index in [1.165, 1.54) is 6.42 Å². The van der Waals surface area contributed by atoms with Crippen LogP contribution in [0.4, 0.5) is 0 Å². The molecule has 0 saturated carbocycles. The Kier molecular flexibility index (Phi) is 3.68. The van der Waals surface area contributed by atoms with Gasteiger partial charge in [0.05, 0.1) is 11.3 Å². The number of likely N-dealkylation sites (tertiary alicyclic amines) is 1. The summed E-state index contributed by atoms with van der Waals surface area (Å²) in [6.07, 6.45) is 6.16. The van der Waals surface area contributed by atoms with Gasteiger partial charge in [-0.1, -0.05) is 0 Å². The van der Waals surface area contributed by atoms with Crippen molar-refractivity contribution >= 4 is 11.6 Å². The lowest BCUT2D eigenvalue weighted by molar-refractivity contribution is 0.0697. The number of rotatable bonds is 3. The number of imidazole rings is 1. The fraction of sp³-hybridized carbons (Fsp3) is 0.500. The van der Waals surface area contributed by atoms with Crippen molar-refractivity contribution in [2.45, 2.75) is 38.6 Å². The molecule has 1 aliphatic heterocycles. The van der Waals surface area contributed by atoms with E-state index in [1.54, 1.807) is 18.3 Å². The highest BCUT2D eigenvalue weighted by atomic mass is 16.4. The van der Waals surface area contributed by atoms with Crippen LogP contribution in [-0.2, 0) is 0 Å². The highest BCUT2D eigenvalue weighted by Gasteiger charge is 2.24. The topological polar surface area (TPSA) is 57.8 Å². The monoisotopic (exact) mass is 287 g/mol. The molecule has 0 bridgehead atoms. The van der Waals surface area contributed by atoms with Crippen LogP contribution >= 0.6 is 0 Å². The van der Waals surface area contributed by atoms with E-state index < -0.39 is 5.97 Å². The van der Waals surface area contributed by atoms with Crippen LogP contribution < -0.4 is 0 Å². The van der Waals surface area contributed by atoms with Gasteiger partial charge in [-0.2, -0.15) is 0 Å². The number of aromatic nitrogens is 2. The van der Waals surface area contributed by atoms with Gasteiger partial charge in [0, 0.05) is 30.9 Å². The van der Waals surface area contributed by atoms with E-state index in [9.17, 15) is 4.79 Å². The van der Waals surface area contributed by atoms with Gasteiger partial charge in [0.25, 0.3) is 0 Å². The number of carboxylic acid groups (broad SMARTS) is 1. The number of hydrogen-bond donors (Lipinski definition) is 1. The summed E-state index contributed by atoms with van der Waals surface area (Å²) in [5.41, 5.74) is 2.07. The molecule has 0 amide bonds. The SMILES string of the molecule is CC(C)N1CCCC(c2cn3ccc(C(=O)O)cc3n2)C1. The van der Waals surface area contributed by atoms with Crippen LogP contribution in [0.3, 0.4) is 0 Å². The van der Waals surface area contributed by atoms with Gasteiger partial charge in [-0.25, -0.2) is 9.78 Å². The molecule has 1 fully saturated rings. The molecule has 0 aromatic carbocycles. The third kappa shape index (κ3) is 2.78. The lowest BCUT2D eigenvalue weighted by Crippen LogP contribution is -2.39. The van der Waals surface area contributed by atoms with Gasteiger partial charge in [0.1, 0.15) is 5.65 Å². The Hall–Kier alpha value is -1.88. The molecule has 112 valence electrons. The molecule has 0 spiro atoms. The predicted molar refractivity (Wildman–Crippen MR) is 80.8 cm³/mol. The van der Waals surface area contributed by atoms with Crippen LogP contribution in [0.25, 0.3) is 5.65 Å². The summed E-state index contributed by atoms with van der Waals surface area (Å²) in [6, 6.07) is 3.81. The summed E-state index contributed by atoms with van der Waals surface area (Å²) < 4.78 is 1.91. The zero-order valence-corrected chi connectivity index (χ0v) is 12.5. The van der Waals surface area contributed by atoms with Crippen LogP contribution in [0.15, 0.2) is 24.5 Å². The van der Waals surface area contributed by atoms with E-state index >= 15 is 0 Å². The number of piperidine rings is 1. The second kappa shape index (κ2) is 5.48. The number of pyridine rings is 1. The Labute approximate surface area is 124 Å². The number of aromatic carboxylic acids is 1. The zero-order valence-electron chi connectivity index (χ0n) is 12.5. The molecule has 2 aromatic heterocycles. The maximum absolute atomic E-state index is 11.0.